The maximum atomic E-state index is 12.5. The molecule has 0 aliphatic carbocycles. The second-order valence-corrected chi connectivity index (χ2v) is 5.03. The summed E-state index contributed by atoms with van der Waals surface area (Å²) in [6.45, 7) is 1.94. The molecule has 1 heterocycles. The van der Waals surface area contributed by atoms with E-state index in [0.29, 0.717) is 21.6 Å². The van der Waals surface area contributed by atoms with E-state index in [1.807, 2.05) is 19.1 Å². The topological polar surface area (TPSA) is 54.9 Å². The van der Waals surface area contributed by atoms with Crippen molar-refractivity contribution < 1.29 is 0 Å². The SMILES string of the molecule is Cc1ccc(-n2c(=O)[nH]c3ccc(Cl)cc3c2=O)cc1. The minimum atomic E-state index is -0.464. The lowest BCUT2D eigenvalue weighted by molar-refractivity contribution is 0.901. The molecule has 0 atom stereocenters. The Morgan fingerprint density at radius 2 is 1.75 bits per heavy atom. The highest BCUT2D eigenvalue weighted by atomic mass is 35.5. The minimum absolute atomic E-state index is 0.380. The lowest BCUT2D eigenvalue weighted by atomic mass is 10.2. The smallest absolute Gasteiger partial charge is 0.306 e. The number of nitrogens with one attached hydrogen (secondary N) is 1. The van der Waals surface area contributed by atoms with Gasteiger partial charge < -0.3 is 4.98 Å². The molecule has 4 nitrogen and oxygen atoms in total. The molecule has 0 aliphatic heterocycles. The number of aromatic nitrogens is 2. The Morgan fingerprint density at radius 1 is 1.05 bits per heavy atom. The van der Waals surface area contributed by atoms with Crippen molar-refractivity contribution in [3.63, 3.8) is 0 Å². The van der Waals surface area contributed by atoms with Gasteiger partial charge in [-0.15, -0.1) is 0 Å². The predicted molar refractivity (Wildman–Crippen MR) is 79.9 cm³/mol. The summed E-state index contributed by atoms with van der Waals surface area (Å²) in [5.41, 5.74) is 1.22. The zero-order valence-corrected chi connectivity index (χ0v) is 11.4. The van der Waals surface area contributed by atoms with Crippen LogP contribution in [0.15, 0.2) is 52.1 Å². The molecule has 0 saturated heterocycles. The maximum Gasteiger partial charge on any atom is 0.333 e. The molecule has 0 radical (unpaired) electrons. The molecule has 5 heteroatoms. The number of aromatic amines is 1. The number of benzene rings is 2. The Bertz CT molecular complexity index is 908. The lowest BCUT2D eigenvalue weighted by Crippen LogP contribution is -2.33. The molecule has 20 heavy (non-hydrogen) atoms. The first-order chi connectivity index (χ1) is 9.56. The molecule has 2 aromatic carbocycles. The first-order valence-electron chi connectivity index (χ1n) is 6.08. The van der Waals surface area contributed by atoms with E-state index in [-0.39, 0.29) is 5.56 Å². The van der Waals surface area contributed by atoms with E-state index in [2.05, 4.69) is 4.98 Å². The fraction of sp³-hybridized carbons (Fsp3) is 0.0667. The third kappa shape index (κ3) is 2.04. The summed E-state index contributed by atoms with van der Waals surface area (Å²) in [6.07, 6.45) is 0. The number of fused-ring (bicyclic) bond motifs is 1. The maximum absolute atomic E-state index is 12.5. The van der Waals surface area contributed by atoms with Gasteiger partial charge in [-0.25, -0.2) is 9.36 Å². The van der Waals surface area contributed by atoms with E-state index >= 15 is 0 Å². The number of H-pyrrole nitrogens is 1. The molecule has 0 spiro atoms. The van der Waals surface area contributed by atoms with Crippen molar-refractivity contribution in [1.82, 2.24) is 9.55 Å². The van der Waals surface area contributed by atoms with Crippen molar-refractivity contribution in [3.8, 4) is 5.69 Å². The van der Waals surface area contributed by atoms with E-state index in [1.54, 1.807) is 30.3 Å². The van der Waals surface area contributed by atoms with Gasteiger partial charge in [0.1, 0.15) is 0 Å². The lowest BCUT2D eigenvalue weighted by Gasteiger charge is -2.07. The van der Waals surface area contributed by atoms with Gasteiger partial charge in [0, 0.05) is 5.02 Å². The Morgan fingerprint density at radius 3 is 2.45 bits per heavy atom. The molecule has 3 aromatic rings. The quantitative estimate of drug-likeness (QED) is 0.748. The van der Waals surface area contributed by atoms with Crippen molar-refractivity contribution in [2.24, 2.45) is 0 Å². The third-order valence-electron chi connectivity index (χ3n) is 3.15. The van der Waals surface area contributed by atoms with Crippen LogP contribution in [0, 0.1) is 6.92 Å². The van der Waals surface area contributed by atoms with E-state index in [4.69, 9.17) is 11.6 Å². The summed E-state index contributed by atoms with van der Waals surface area (Å²) in [4.78, 5) is 27.3. The van der Waals surface area contributed by atoms with Gasteiger partial charge in [0.25, 0.3) is 5.56 Å². The van der Waals surface area contributed by atoms with Gasteiger partial charge in [-0.05, 0) is 37.3 Å². The second-order valence-electron chi connectivity index (χ2n) is 4.60. The second kappa shape index (κ2) is 4.65. The van der Waals surface area contributed by atoms with Crippen molar-refractivity contribution in [2.75, 3.05) is 0 Å². The number of nitrogens with zero attached hydrogens (tertiary/aromatic N) is 1. The van der Waals surface area contributed by atoms with Crippen LogP contribution in [-0.2, 0) is 0 Å². The number of rotatable bonds is 1. The molecule has 0 amide bonds. The fourth-order valence-corrected chi connectivity index (χ4v) is 2.29. The van der Waals surface area contributed by atoms with Gasteiger partial charge in [0.05, 0.1) is 16.6 Å². The summed E-state index contributed by atoms with van der Waals surface area (Å²) in [5, 5.41) is 0.842. The van der Waals surface area contributed by atoms with E-state index in [1.165, 1.54) is 0 Å². The van der Waals surface area contributed by atoms with E-state index < -0.39 is 5.69 Å². The van der Waals surface area contributed by atoms with Crippen LogP contribution in [0.1, 0.15) is 5.56 Å². The molecule has 0 bridgehead atoms. The first kappa shape index (κ1) is 12.7. The normalized spacial score (nSPS) is 10.9. The molecule has 0 aliphatic rings. The molecule has 100 valence electrons. The van der Waals surface area contributed by atoms with Crippen LogP contribution in [0.4, 0.5) is 0 Å². The molecular weight excluding hydrogens is 276 g/mol. The monoisotopic (exact) mass is 286 g/mol. The summed E-state index contributed by atoms with van der Waals surface area (Å²) >= 11 is 5.91. The number of aryl methyl sites for hydroxylation is 1. The Hall–Kier alpha value is -2.33. The zero-order valence-electron chi connectivity index (χ0n) is 10.7. The number of hydrogen-bond acceptors (Lipinski definition) is 2. The molecule has 0 saturated carbocycles. The molecule has 1 N–H and O–H groups in total. The summed E-state index contributed by atoms with van der Waals surface area (Å²) in [5.74, 6) is 0. The van der Waals surface area contributed by atoms with Crippen LogP contribution < -0.4 is 11.2 Å². The van der Waals surface area contributed by atoms with Crippen molar-refractivity contribution in [3.05, 3.63) is 73.9 Å². The van der Waals surface area contributed by atoms with E-state index in [0.717, 1.165) is 10.1 Å². The third-order valence-corrected chi connectivity index (χ3v) is 3.39. The van der Waals surface area contributed by atoms with Crippen molar-refractivity contribution >= 4 is 22.5 Å². The van der Waals surface area contributed by atoms with Gasteiger partial charge in [-0.2, -0.15) is 0 Å². The summed E-state index contributed by atoms with van der Waals surface area (Å²) in [6, 6.07) is 12.0. The highest BCUT2D eigenvalue weighted by Gasteiger charge is 2.09. The molecule has 3 rings (SSSR count). The highest BCUT2D eigenvalue weighted by Crippen LogP contribution is 2.14. The van der Waals surface area contributed by atoms with Crippen LogP contribution >= 0.6 is 11.6 Å². The predicted octanol–water partition coefficient (Wildman–Crippen LogP) is 2.64. The Balaban J connectivity index is 2.39. The van der Waals surface area contributed by atoms with Crippen LogP contribution in [0.25, 0.3) is 16.6 Å². The minimum Gasteiger partial charge on any atom is -0.306 e. The van der Waals surface area contributed by atoms with Gasteiger partial charge in [0.2, 0.25) is 0 Å². The first-order valence-corrected chi connectivity index (χ1v) is 6.46. The molecule has 1 aromatic heterocycles. The fourth-order valence-electron chi connectivity index (χ4n) is 2.11. The molecule has 0 fully saturated rings. The number of halogens is 1. The number of hydrogen-bond donors (Lipinski definition) is 1. The average molecular weight is 287 g/mol. The van der Waals surface area contributed by atoms with Crippen molar-refractivity contribution in [2.45, 2.75) is 6.92 Å². The largest absolute Gasteiger partial charge is 0.333 e. The highest BCUT2D eigenvalue weighted by molar-refractivity contribution is 6.31. The standard InChI is InChI=1S/C15H11ClN2O2/c1-9-2-5-11(6-3-9)18-14(19)12-8-10(16)4-7-13(12)17-15(18)20/h2-8H,1H3,(H,17,20). The van der Waals surface area contributed by atoms with Gasteiger partial charge in [-0.3, -0.25) is 4.79 Å². The van der Waals surface area contributed by atoms with Crippen LogP contribution in [0.3, 0.4) is 0 Å². The van der Waals surface area contributed by atoms with Gasteiger partial charge >= 0.3 is 5.69 Å². The van der Waals surface area contributed by atoms with Crippen LogP contribution in [0.2, 0.25) is 5.02 Å². The summed E-state index contributed by atoms with van der Waals surface area (Å²) < 4.78 is 1.11. The Labute approximate surface area is 119 Å². The van der Waals surface area contributed by atoms with Gasteiger partial charge in [0.15, 0.2) is 0 Å². The van der Waals surface area contributed by atoms with Crippen LogP contribution in [-0.4, -0.2) is 9.55 Å². The zero-order chi connectivity index (χ0) is 14.3. The Kier molecular flexibility index (Phi) is 2.95. The molecule has 0 unspecified atom stereocenters. The van der Waals surface area contributed by atoms with E-state index in [9.17, 15) is 9.59 Å². The van der Waals surface area contributed by atoms with Crippen LogP contribution in [0.5, 0.6) is 0 Å². The average Bonchev–Trinajstić information content (AvgIpc) is 2.42. The van der Waals surface area contributed by atoms with Crippen molar-refractivity contribution in [1.29, 1.82) is 0 Å². The summed E-state index contributed by atoms with van der Waals surface area (Å²) in [7, 11) is 0. The molecular formula is C15H11ClN2O2. The van der Waals surface area contributed by atoms with Gasteiger partial charge in [-0.1, -0.05) is 29.3 Å².